The lowest BCUT2D eigenvalue weighted by molar-refractivity contribution is -0.160. The maximum atomic E-state index is 12.5. The number of nitrogens with one attached hydrogen (secondary N) is 2. The first-order valence-corrected chi connectivity index (χ1v) is 6.41. The maximum Gasteiger partial charge on any atom is 0.403 e. The van der Waals surface area contributed by atoms with Crippen molar-refractivity contribution in [2.24, 2.45) is 0 Å². The molecule has 1 aliphatic rings. The van der Waals surface area contributed by atoms with Gasteiger partial charge in [0, 0.05) is 12.6 Å². The molecule has 0 spiro atoms. The number of amides is 1. The molecule has 0 saturated carbocycles. The molecular weight excluding hydrogens is 289 g/mol. The average molecular weight is 304 g/mol. The molecule has 1 saturated heterocycles. The van der Waals surface area contributed by atoms with Crippen LogP contribution in [0.5, 0.6) is 11.5 Å². The molecule has 0 aromatic heterocycles. The van der Waals surface area contributed by atoms with Crippen LogP contribution < -0.4 is 10.6 Å². The number of rotatable bonds is 2. The van der Waals surface area contributed by atoms with Crippen molar-refractivity contribution in [2.75, 3.05) is 6.54 Å². The van der Waals surface area contributed by atoms with Gasteiger partial charge < -0.3 is 20.8 Å². The van der Waals surface area contributed by atoms with E-state index in [9.17, 15) is 28.2 Å². The Morgan fingerprint density at radius 2 is 1.86 bits per heavy atom. The molecule has 0 radical (unpaired) electrons. The number of aromatic hydroxyl groups is 2. The van der Waals surface area contributed by atoms with E-state index in [0.717, 1.165) is 0 Å². The number of piperidine rings is 1. The van der Waals surface area contributed by atoms with Gasteiger partial charge in [0.25, 0.3) is 5.91 Å². The quantitative estimate of drug-likeness (QED) is 0.667. The molecule has 1 amide bonds. The summed E-state index contributed by atoms with van der Waals surface area (Å²) in [6.07, 6.45) is -4.27. The van der Waals surface area contributed by atoms with Gasteiger partial charge in [-0.25, -0.2) is 0 Å². The molecule has 1 heterocycles. The fraction of sp³-hybridized carbons (Fsp3) is 0.462. The molecule has 2 atom stereocenters. The van der Waals surface area contributed by atoms with Crippen LogP contribution in [-0.4, -0.2) is 40.9 Å². The molecule has 1 aromatic rings. The van der Waals surface area contributed by atoms with E-state index in [1.165, 1.54) is 18.2 Å². The van der Waals surface area contributed by atoms with Crippen molar-refractivity contribution in [3.05, 3.63) is 23.8 Å². The van der Waals surface area contributed by atoms with Crippen molar-refractivity contribution in [1.82, 2.24) is 10.6 Å². The molecular formula is C13H15F3N2O3. The van der Waals surface area contributed by atoms with Gasteiger partial charge in [0.2, 0.25) is 0 Å². The Hall–Kier alpha value is -1.96. The lowest BCUT2D eigenvalue weighted by atomic mass is 10.00. The summed E-state index contributed by atoms with van der Waals surface area (Å²) in [5.41, 5.74) is -0.282. The van der Waals surface area contributed by atoms with Crippen LogP contribution in [0.1, 0.15) is 23.2 Å². The second kappa shape index (κ2) is 5.80. The molecule has 8 heteroatoms. The number of carbonyl (C=O) groups excluding carboxylic acids is 1. The Balaban J connectivity index is 1.96. The minimum Gasteiger partial charge on any atom is -0.507 e. The smallest absolute Gasteiger partial charge is 0.403 e. The van der Waals surface area contributed by atoms with Gasteiger partial charge in [-0.15, -0.1) is 0 Å². The van der Waals surface area contributed by atoms with Gasteiger partial charge in [0.05, 0.1) is 0 Å². The third kappa shape index (κ3) is 3.57. The molecule has 0 aliphatic carbocycles. The van der Waals surface area contributed by atoms with Crippen LogP contribution in [0, 0.1) is 0 Å². The van der Waals surface area contributed by atoms with Crippen molar-refractivity contribution in [3.63, 3.8) is 0 Å². The second-order valence-corrected chi connectivity index (χ2v) is 4.92. The SMILES string of the molecule is O=C(NC1CCC(C(F)(F)F)NC1)c1c(O)cccc1O. The average Bonchev–Trinajstić information content (AvgIpc) is 2.38. The Kier molecular flexibility index (Phi) is 4.26. The summed E-state index contributed by atoms with van der Waals surface area (Å²) >= 11 is 0. The molecule has 1 aliphatic heterocycles. The number of carbonyl (C=O) groups is 1. The lowest BCUT2D eigenvalue weighted by Gasteiger charge is -2.31. The zero-order valence-corrected chi connectivity index (χ0v) is 10.9. The summed E-state index contributed by atoms with van der Waals surface area (Å²) in [6.45, 7) is -0.0235. The molecule has 1 fully saturated rings. The van der Waals surface area contributed by atoms with Crippen molar-refractivity contribution in [2.45, 2.75) is 31.1 Å². The van der Waals surface area contributed by atoms with E-state index in [4.69, 9.17) is 0 Å². The number of benzene rings is 1. The van der Waals surface area contributed by atoms with Gasteiger partial charge in [0.15, 0.2) is 0 Å². The first-order valence-electron chi connectivity index (χ1n) is 6.41. The predicted octanol–water partition coefficient (Wildman–Crippen LogP) is 1.51. The highest BCUT2D eigenvalue weighted by Gasteiger charge is 2.41. The summed E-state index contributed by atoms with van der Waals surface area (Å²) < 4.78 is 37.5. The number of halogens is 3. The van der Waals surface area contributed by atoms with Crippen molar-refractivity contribution >= 4 is 5.91 Å². The van der Waals surface area contributed by atoms with Crippen LogP contribution in [0.2, 0.25) is 0 Å². The third-order valence-corrected chi connectivity index (χ3v) is 3.39. The van der Waals surface area contributed by atoms with E-state index >= 15 is 0 Å². The number of phenols is 2. The molecule has 2 unspecified atom stereocenters. The molecule has 0 bridgehead atoms. The topological polar surface area (TPSA) is 81.6 Å². The van der Waals surface area contributed by atoms with Crippen LogP contribution in [0.25, 0.3) is 0 Å². The van der Waals surface area contributed by atoms with E-state index in [1.54, 1.807) is 0 Å². The Morgan fingerprint density at radius 3 is 2.33 bits per heavy atom. The van der Waals surface area contributed by atoms with E-state index in [2.05, 4.69) is 10.6 Å². The van der Waals surface area contributed by atoms with Gasteiger partial charge >= 0.3 is 6.18 Å². The Labute approximate surface area is 118 Å². The molecule has 4 N–H and O–H groups in total. The van der Waals surface area contributed by atoms with Crippen molar-refractivity contribution in [1.29, 1.82) is 0 Å². The second-order valence-electron chi connectivity index (χ2n) is 4.92. The number of alkyl halides is 3. The number of hydrogen-bond donors (Lipinski definition) is 4. The zero-order valence-electron chi connectivity index (χ0n) is 10.9. The molecule has 21 heavy (non-hydrogen) atoms. The summed E-state index contributed by atoms with van der Waals surface area (Å²) in [6, 6.07) is 1.80. The monoisotopic (exact) mass is 304 g/mol. The number of hydrogen-bond acceptors (Lipinski definition) is 4. The van der Waals surface area contributed by atoms with Crippen LogP contribution in [0.15, 0.2) is 18.2 Å². The summed E-state index contributed by atoms with van der Waals surface area (Å²) in [7, 11) is 0. The van der Waals surface area contributed by atoms with Gasteiger partial charge in [0.1, 0.15) is 23.1 Å². The molecule has 5 nitrogen and oxygen atoms in total. The standard InChI is InChI=1S/C13H15F3N2O3/c14-13(15,16)10-5-4-7(6-17-10)18-12(21)11-8(19)2-1-3-9(11)20/h1-3,7,10,17,19-20H,4-6H2,(H,18,21). The summed E-state index contributed by atoms with van der Waals surface area (Å²) in [5.74, 6) is -1.49. The van der Waals surface area contributed by atoms with Crippen LogP contribution in [0.3, 0.4) is 0 Å². The van der Waals surface area contributed by atoms with E-state index in [-0.39, 0.29) is 36.4 Å². The highest BCUT2D eigenvalue weighted by molar-refractivity contribution is 5.99. The van der Waals surface area contributed by atoms with Crippen LogP contribution in [0.4, 0.5) is 13.2 Å². The normalized spacial score (nSPS) is 22.8. The minimum absolute atomic E-state index is 0.0235. The van der Waals surface area contributed by atoms with Crippen LogP contribution >= 0.6 is 0 Å². The van der Waals surface area contributed by atoms with Crippen molar-refractivity contribution < 1.29 is 28.2 Å². The summed E-state index contributed by atoms with van der Waals surface area (Å²) in [5, 5.41) is 23.9. The third-order valence-electron chi connectivity index (χ3n) is 3.39. The molecule has 1 aromatic carbocycles. The first-order chi connectivity index (χ1) is 9.79. The van der Waals surface area contributed by atoms with Crippen molar-refractivity contribution in [3.8, 4) is 11.5 Å². The maximum absolute atomic E-state index is 12.5. The highest BCUT2D eigenvalue weighted by atomic mass is 19.4. The highest BCUT2D eigenvalue weighted by Crippen LogP contribution is 2.28. The van der Waals surface area contributed by atoms with E-state index in [1.807, 2.05) is 0 Å². The van der Waals surface area contributed by atoms with Gasteiger partial charge in [-0.3, -0.25) is 4.79 Å². The van der Waals surface area contributed by atoms with Gasteiger partial charge in [-0.05, 0) is 25.0 Å². The Morgan fingerprint density at radius 1 is 1.24 bits per heavy atom. The fourth-order valence-corrected chi connectivity index (χ4v) is 2.28. The molecule has 116 valence electrons. The lowest BCUT2D eigenvalue weighted by Crippen LogP contribution is -2.54. The van der Waals surface area contributed by atoms with Gasteiger partial charge in [-0.2, -0.15) is 13.2 Å². The predicted molar refractivity (Wildman–Crippen MR) is 68.1 cm³/mol. The van der Waals surface area contributed by atoms with E-state index in [0.29, 0.717) is 0 Å². The largest absolute Gasteiger partial charge is 0.507 e. The zero-order chi connectivity index (χ0) is 15.6. The van der Waals surface area contributed by atoms with E-state index < -0.39 is 24.2 Å². The van der Waals surface area contributed by atoms with Crippen LogP contribution in [-0.2, 0) is 0 Å². The summed E-state index contributed by atoms with van der Waals surface area (Å²) in [4.78, 5) is 12.0. The minimum atomic E-state index is -4.30. The first kappa shape index (κ1) is 15.4. The number of phenolic OH excluding ortho intramolecular Hbond substituents is 2. The van der Waals surface area contributed by atoms with Gasteiger partial charge in [-0.1, -0.05) is 6.07 Å². The molecule has 2 rings (SSSR count). The fourth-order valence-electron chi connectivity index (χ4n) is 2.28. The Bertz CT molecular complexity index is 506.